The van der Waals surface area contributed by atoms with Crippen molar-refractivity contribution in [2.24, 2.45) is 5.41 Å². The summed E-state index contributed by atoms with van der Waals surface area (Å²) in [7, 11) is 0. The number of hydrogen-bond acceptors (Lipinski definition) is 3. The van der Waals surface area contributed by atoms with Crippen molar-refractivity contribution in [3.8, 4) is 5.69 Å². The molecule has 0 aliphatic rings. The third kappa shape index (κ3) is 5.65. The maximum absolute atomic E-state index is 13.2. The molecule has 0 unspecified atom stereocenters. The number of fused-ring (bicyclic) bond motifs is 1. The summed E-state index contributed by atoms with van der Waals surface area (Å²) in [5, 5.41) is 16.6. The Hall–Kier alpha value is -4.31. The third-order valence-electron chi connectivity index (χ3n) is 5.99. The van der Waals surface area contributed by atoms with Crippen LogP contribution in [0.3, 0.4) is 0 Å². The normalized spacial score (nSPS) is 11.9. The van der Waals surface area contributed by atoms with Crippen molar-refractivity contribution in [2.45, 2.75) is 33.9 Å². The lowest BCUT2D eigenvalue weighted by atomic mass is 9.95. The Labute approximate surface area is 217 Å². The molecule has 0 spiro atoms. The molecule has 0 aliphatic heterocycles. The third-order valence-corrected chi connectivity index (χ3v) is 5.99. The molecule has 0 aliphatic carbocycles. The standard InChI is InChI=1S/C28H27F3N4O3/c1-17-5-9-22(16-23(17)28(29,30)31)35(38)26(37)33-19-6-10-21(11-7-19)34-14-13-18-15-20(8-12-24(18)34)32-25(36)27(2,3)4/h5-16,38H,1-4H3,(H,32,36)(H,33,37). The summed E-state index contributed by atoms with van der Waals surface area (Å²) >= 11 is 0. The van der Waals surface area contributed by atoms with Gasteiger partial charge < -0.3 is 15.2 Å². The first-order valence-electron chi connectivity index (χ1n) is 11.7. The number of halogens is 3. The van der Waals surface area contributed by atoms with Crippen LogP contribution in [0.4, 0.5) is 35.0 Å². The largest absolute Gasteiger partial charge is 0.416 e. The Morgan fingerprint density at radius 3 is 2.16 bits per heavy atom. The molecule has 38 heavy (non-hydrogen) atoms. The molecule has 3 amide bonds. The van der Waals surface area contributed by atoms with E-state index in [1.807, 2.05) is 55.8 Å². The minimum Gasteiger partial charge on any atom is -0.326 e. The van der Waals surface area contributed by atoms with E-state index in [2.05, 4.69) is 10.6 Å². The van der Waals surface area contributed by atoms with Crippen molar-refractivity contribution in [3.05, 3.63) is 84.1 Å². The highest BCUT2D eigenvalue weighted by Crippen LogP contribution is 2.34. The number of hydrogen-bond donors (Lipinski definition) is 3. The van der Waals surface area contributed by atoms with E-state index in [1.54, 1.807) is 24.3 Å². The van der Waals surface area contributed by atoms with Gasteiger partial charge >= 0.3 is 12.2 Å². The van der Waals surface area contributed by atoms with E-state index in [4.69, 9.17) is 0 Å². The van der Waals surface area contributed by atoms with Crippen molar-refractivity contribution in [2.75, 3.05) is 15.7 Å². The van der Waals surface area contributed by atoms with Crippen molar-refractivity contribution < 1.29 is 28.0 Å². The number of rotatable bonds is 4. The highest BCUT2D eigenvalue weighted by Gasteiger charge is 2.33. The van der Waals surface area contributed by atoms with Gasteiger partial charge in [0.1, 0.15) is 0 Å². The first-order valence-corrected chi connectivity index (χ1v) is 11.7. The Balaban J connectivity index is 1.48. The molecule has 0 radical (unpaired) electrons. The summed E-state index contributed by atoms with van der Waals surface area (Å²) in [5.41, 5.74) is 0.937. The SMILES string of the molecule is Cc1ccc(N(O)C(=O)Nc2ccc(-n3ccc4cc(NC(=O)C(C)(C)C)ccc43)cc2)cc1C(F)(F)F. The van der Waals surface area contributed by atoms with Crippen LogP contribution in [-0.2, 0) is 11.0 Å². The monoisotopic (exact) mass is 524 g/mol. The van der Waals surface area contributed by atoms with E-state index < -0.39 is 23.2 Å². The molecule has 0 atom stereocenters. The van der Waals surface area contributed by atoms with E-state index >= 15 is 0 Å². The molecule has 0 fully saturated rings. The van der Waals surface area contributed by atoms with Crippen LogP contribution in [0, 0.1) is 12.3 Å². The van der Waals surface area contributed by atoms with Gasteiger partial charge in [0.15, 0.2) is 0 Å². The molecule has 0 bridgehead atoms. The molecule has 3 aromatic carbocycles. The summed E-state index contributed by atoms with van der Waals surface area (Å²) in [6, 6.07) is 16.4. The lowest BCUT2D eigenvalue weighted by Crippen LogP contribution is -2.32. The number of amides is 3. The zero-order valence-electron chi connectivity index (χ0n) is 21.2. The van der Waals surface area contributed by atoms with Crippen LogP contribution in [-0.4, -0.2) is 21.7 Å². The second-order valence-electron chi connectivity index (χ2n) is 9.95. The second-order valence-corrected chi connectivity index (χ2v) is 9.95. The van der Waals surface area contributed by atoms with Gasteiger partial charge in [-0.05, 0) is 73.2 Å². The molecule has 198 valence electrons. The van der Waals surface area contributed by atoms with Crippen LogP contribution in [0.1, 0.15) is 31.9 Å². The van der Waals surface area contributed by atoms with Gasteiger partial charge in [-0.2, -0.15) is 18.2 Å². The lowest BCUT2D eigenvalue weighted by Gasteiger charge is -2.18. The number of urea groups is 1. The van der Waals surface area contributed by atoms with Crippen LogP contribution in [0.2, 0.25) is 0 Å². The molecule has 10 heteroatoms. The Morgan fingerprint density at radius 2 is 1.53 bits per heavy atom. The quantitative estimate of drug-likeness (QED) is 0.192. The number of alkyl halides is 3. The van der Waals surface area contributed by atoms with Crippen LogP contribution in [0.15, 0.2) is 72.9 Å². The van der Waals surface area contributed by atoms with Gasteiger partial charge in [0.25, 0.3) is 0 Å². The molecule has 4 rings (SSSR count). The maximum atomic E-state index is 13.2. The molecule has 3 N–H and O–H groups in total. The lowest BCUT2D eigenvalue weighted by molar-refractivity contribution is -0.138. The fraction of sp³-hybridized carbons (Fsp3) is 0.214. The average Bonchev–Trinajstić information content (AvgIpc) is 3.26. The number of anilines is 3. The van der Waals surface area contributed by atoms with E-state index in [9.17, 15) is 28.0 Å². The molecule has 7 nitrogen and oxygen atoms in total. The molecule has 0 saturated carbocycles. The van der Waals surface area contributed by atoms with Crippen LogP contribution < -0.4 is 15.7 Å². The van der Waals surface area contributed by atoms with Crippen molar-refractivity contribution >= 4 is 39.9 Å². The maximum Gasteiger partial charge on any atom is 0.416 e. The topological polar surface area (TPSA) is 86.6 Å². The van der Waals surface area contributed by atoms with Gasteiger partial charge in [-0.25, -0.2) is 4.79 Å². The number of nitrogens with zero attached hydrogens (tertiary/aromatic N) is 2. The predicted octanol–water partition coefficient (Wildman–Crippen LogP) is 7.37. The van der Waals surface area contributed by atoms with Crippen LogP contribution >= 0.6 is 0 Å². The van der Waals surface area contributed by atoms with Gasteiger partial charge in [0.2, 0.25) is 5.91 Å². The summed E-state index contributed by atoms with van der Waals surface area (Å²) in [6.45, 7) is 6.82. The molecule has 1 heterocycles. The molecular weight excluding hydrogens is 497 g/mol. The highest BCUT2D eigenvalue weighted by atomic mass is 19.4. The molecular formula is C28H27F3N4O3. The van der Waals surface area contributed by atoms with Crippen LogP contribution in [0.25, 0.3) is 16.6 Å². The summed E-state index contributed by atoms with van der Waals surface area (Å²) in [5.74, 6) is -0.0847. The van der Waals surface area contributed by atoms with Crippen LogP contribution in [0.5, 0.6) is 0 Å². The number of benzene rings is 3. The Morgan fingerprint density at radius 1 is 0.868 bits per heavy atom. The van der Waals surface area contributed by atoms with E-state index in [1.165, 1.54) is 19.1 Å². The average molecular weight is 525 g/mol. The van der Waals surface area contributed by atoms with E-state index in [0.29, 0.717) is 11.4 Å². The summed E-state index contributed by atoms with van der Waals surface area (Å²) in [4.78, 5) is 24.8. The zero-order valence-corrected chi connectivity index (χ0v) is 21.2. The van der Waals surface area contributed by atoms with Gasteiger partial charge in [0, 0.05) is 34.1 Å². The second kappa shape index (κ2) is 9.86. The summed E-state index contributed by atoms with van der Waals surface area (Å²) < 4.78 is 41.5. The summed E-state index contributed by atoms with van der Waals surface area (Å²) in [6.07, 6.45) is -2.74. The molecule has 4 aromatic rings. The smallest absolute Gasteiger partial charge is 0.326 e. The van der Waals surface area contributed by atoms with Crippen molar-refractivity contribution in [1.82, 2.24) is 4.57 Å². The highest BCUT2D eigenvalue weighted by molar-refractivity contribution is 6.00. The molecule has 0 saturated heterocycles. The van der Waals surface area contributed by atoms with E-state index in [-0.39, 0.29) is 22.2 Å². The van der Waals surface area contributed by atoms with Crippen molar-refractivity contribution in [1.29, 1.82) is 0 Å². The van der Waals surface area contributed by atoms with Gasteiger partial charge in [-0.1, -0.05) is 26.8 Å². The van der Waals surface area contributed by atoms with E-state index in [0.717, 1.165) is 22.7 Å². The van der Waals surface area contributed by atoms with Crippen molar-refractivity contribution in [3.63, 3.8) is 0 Å². The Kier molecular flexibility index (Phi) is 6.94. The number of aryl methyl sites for hydroxylation is 1. The zero-order chi connectivity index (χ0) is 27.8. The fourth-order valence-electron chi connectivity index (χ4n) is 3.81. The van der Waals surface area contributed by atoms with Gasteiger partial charge in [-0.15, -0.1) is 0 Å². The number of carbonyl (C=O) groups is 2. The fourth-order valence-corrected chi connectivity index (χ4v) is 3.81. The number of nitrogens with one attached hydrogen (secondary N) is 2. The number of carbonyl (C=O) groups excluding carboxylic acids is 2. The minimum absolute atomic E-state index is 0.0194. The first-order chi connectivity index (χ1) is 17.7. The Bertz CT molecular complexity index is 1500. The number of hydroxylamine groups is 1. The molecule has 1 aromatic heterocycles. The first kappa shape index (κ1) is 26.7. The minimum atomic E-state index is -4.61. The number of aromatic nitrogens is 1. The predicted molar refractivity (Wildman–Crippen MR) is 141 cm³/mol. The van der Waals surface area contributed by atoms with Gasteiger partial charge in [-0.3, -0.25) is 10.0 Å². The van der Waals surface area contributed by atoms with Gasteiger partial charge in [0.05, 0.1) is 16.8 Å².